The first-order valence-electron chi connectivity index (χ1n) is 4.05. The first-order valence-corrected chi connectivity index (χ1v) is 5.22. The van der Waals surface area contributed by atoms with E-state index >= 15 is 0 Å². The van der Waals surface area contributed by atoms with E-state index in [0.717, 1.165) is 15.7 Å². The highest BCUT2D eigenvalue weighted by Gasteiger charge is 2.04. The summed E-state index contributed by atoms with van der Waals surface area (Å²) >= 11 is 9.37. The fourth-order valence-corrected chi connectivity index (χ4v) is 1.91. The molecule has 0 saturated heterocycles. The Hall–Kier alpha value is -0.860. The van der Waals surface area contributed by atoms with Crippen LogP contribution in [0.1, 0.15) is 0 Å². The number of hydrogen-bond donors (Lipinski definition) is 0. The predicted octanol–water partition coefficient (Wildman–Crippen LogP) is 3.96. The minimum Gasteiger partial charge on any atom is -0.254 e. The molecule has 1 aromatic heterocycles. The maximum absolute atomic E-state index is 6.06. The van der Waals surface area contributed by atoms with E-state index in [4.69, 9.17) is 11.6 Å². The summed E-state index contributed by atoms with van der Waals surface area (Å²) < 4.78 is 0.881. The van der Waals surface area contributed by atoms with Crippen LogP contribution in [0, 0.1) is 6.07 Å². The minimum atomic E-state index is 0.638. The van der Waals surface area contributed by atoms with Gasteiger partial charge in [-0.15, -0.1) is 0 Å². The molecule has 0 spiro atoms. The first kappa shape index (κ1) is 9.69. The molecule has 0 aliphatic carbocycles. The molecule has 0 aliphatic rings. The van der Waals surface area contributed by atoms with Crippen LogP contribution in [0.5, 0.6) is 0 Å². The molecule has 2 aromatic rings. The number of benzene rings is 1. The molecule has 0 fully saturated rings. The van der Waals surface area contributed by atoms with Crippen molar-refractivity contribution in [1.82, 2.24) is 4.98 Å². The predicted molar refractivity (Wildman–Crippen MR) is 61.2 cm³/mol. The minimum absolute atomic E-state index is 0.638. The van der Waals surface area contributed by atoms with Crippen molar-refractivity contribution in [3.63, 3.8) is 0 Å². The Kier molecular flexibility index (Phi) is 2.85. The van der Waals surface area contributed by atoms with Crippen molar-refractivity contribution >= 4 is 27.5 Å². The van der Waals surface area contributed by atoms with Gasteiger partial charge in [0.1, 0.15) is 0 Å². The summed E-state index contributed by atoms with van der Waals surface area (Å²) in [4.78, 5) is 4.25. The van der Waals surface area contributed by atoms with Gasteiger partial charge in [0, 0.05) is 16.2 Å². The van der Waals surface area contributed by atoms with E-state index < -0.39 is 0 Å². The third kappa shape index (κ3) is 1.97. The summed E-state index contributed by atoms with van der Waals surface area (Å²) in [5, 5.41) is 0.638. The van der Waals surface area contributed by atoms with Crippen molar-refractivity contribution in [2.45, 2.75) is 0 Å². The Morgan fingerprint density at radius 1 is 1.43 bits per heavy atom. The Bertz CT molecular complexity index is 442. The van der Waals surface area contributed by atoms with Crippen molar-refractivity contribution in [2.75, 3.05) is 0 Å². The number of aromatic nitrogens is 1. The lowest BCUT2D eigenvalue weighted by Crippen LogP contribution is -1.84. The van der Waals surface area contributed by atoms with Crippen LogP contribution in [0.3, 0.4) is 0 Å². The summed E-state index contributed by atoms with van der Waals surface area (Å²) in [7, 11) is 0. The van der Waals surface area contributed by atoms with Crippen molar-refractivity contribution < 1.29 is 0 Å². The fourth-order valence-electron chi connectivity index (χ4n) is 1.17. The highest BCUT2D eigenvalue weighted by Crippen LogP contribution is 2.27. The van der Waals surface area contributed by atoms with E-state index in [1.807, 2.05) is 30.3 Å². The molecule has 3 heteroatoms. The van der Waals surface area contributed by atoms with Gasteiger partial charge in [0.15, 0.2) is 0 Å². The van der Waals surface area contributed by atoms with Gasteiger partial charge in [0.25, 0.3) is 0 Å². The van der Waals surface area contributed by atoms with Crippen molar-refractivity contribution in [3.8, 4) is 11.3 Å². The molecule has 0 aliphatic heterocycles. The van der Waals surface area contributed by atoms with E-state index in [2.05, 4.69) is 27.0 Å². The Balaban J connectivity index is 2.53. The number of rotatable bonds is 1. The summed E-state index contributed by atoms with van der Waals surface area (Å²) in [6.45, 7) is 0. The molecule has 1 aromatic carbocycles. The smallest absolute Gasteiger partial charge is 0.0889 e. The largest absolute Gasteiger partial charge is 0.254 e. The van der Waals surface area contributed by atoms with Crippen LogP contribution in [0.25, 0.3) is 11.3 Å². The number of nitrogens with zero attached hydrogens (tertiary/aromatic N) is 1. The van der Waals surface area contributed by atoms with Crippen molar-refractivity contribution in [2.24, 2.45) is 0 Å². The van der Waals surface area contributed by atoms with E-state index in [0.29, 0.717) is 5.02 Å². The molecule has 0 bridgehead atoms. The highest BCUT2D eigenvalue weighted by molar-refractivity contribution is 9.10. The molecule has 0 unspecified atom stereocenters. The number of hydrogen-bond acceptors (Lipinski definition) is 1. The third-order valence-electron chi connectivity index (χ3n) is 1.79. The summed E-state index contributed by atoms with van der Waals surface area (Å²) in [6, 6.07) is 12.4. The maximum Gasteiger partial charge on any atom is 0.0889 e. The van der Waals surface area contributed by atoms with E-state index in [-0.39, 0.29) is 0 Å². The summed E-state index contributed by atoms with van der Waals surface area (Å²) in [6.07, 6.45) is 1.73. The van der Waals surface area contributed by atoms with Crippen LogP contribution in [-0.2, 0) is 0 Å². The zero-order valence-electron chi connectivity index (χ0n) is 7.17. The molecule has 0 saturated carbocycles. The van der Waals surface area contributed by atoms with Crippen molar-refractivity contribution in [3.05, 3.63) is 52.1 Å². The van der Waals surface area contributed by atoms with Crippen LogP contribution in [0.4, 0.5) is 0 Å². The van der Waals surface area contributed by atoms with Gasteiger partial charge in [-0.3, -0.25) is 4.98 Å². The monoisotopic (exact) mass is 266 g/mol. The first-order chi connectivity index (χ1) is 6.77. The molecular formula is C11H6BrClN. The van der Waals surface area contributed by atoms with Gasteiger partial charge in [-0.2, -0.15) is 0 Å². The average molecular weight is 268 g/mol. The Labute approximate surface area is 95.9 Å². The zero-order chi connectivity index (χ0) is 9.97. The van der Waals surface area contributed by atoms with E-state index in [1.54, 1.807) is 6.20 Å². The van der Waals surface area contributed by atoms with Gasteiger partial charge in [-0.25, -0.2) is 0 Å². The van der Waals surface area contributed by atoms with Crippen LogP contribution >= 0.6 is 27.5 Å². The van der Waals surface area contributed by atoms with Gasteiger partial charge < -0.3 is 0 Å². The molecule has 1 heterocycles. The van der Waals surface area contributed by atoms with Gasteiger partial charge in [0.2, 0.25) is 0 Å². The lowest BCUT2D eigenvalue weighted by Gasteiger charge is -2.02. The Morgan fingerprint density at radius 3 is 2.93 bits per heavy atom. The fraction of sp³-hybridized carbons (Fsp3) is 0. The topological polar surface area (TPSA) is 12.9 Å². The molecule has 0 atom stereocenters. The normalized spacial score (nSPS) is 10.1. The SMILES string of the molecule is Clc1cc(Br)cnc1-c1c[c]ccc1. The van der Waals surface area contributed by atoms with E-state index in [9.17, 15) is 0 Å². The highest BCUT2D eigenvalue weighted by atomic mass is 79.9. The second kappa shape index (κ2) is 4.11. The molecule has 2 rings (SSSR count). The Morgan fingerprint density at radius 2 is 2.29 bits per heavy atom. The van der Waals surface area contributed by atoms with Crippen LogP contribution in [0.15, 0.2) is 41.0 Å². The molecule has 0 amide bonds. The molecule has 14 heavy (non-hydrogen) atoms. The third-order valence-corrected chi connectivity index (χ3v) is 2.51. The molecule has 1 nitrogen and oxygen atoms in total. The lowest BCUT2D eigenvalue weighted by molar-refractivity contribution is 1.31. The number of halogens is 2. The second-order valence-electron chi connectivity index (χ2n) is 2.78. The van der Waals surface area contributed by atoms with Crippen LogP contribution in [0.2, 0.25) is 5.02 Å². The second-order valence-corrected chi connectivity index (χ2v) is 4.10. The van der Waals surface area contributed by atoms with E-state index in [1.165, 1.54) is 0 Å². The van der Waals surface area contributed by atoms with Gasteiger partial charge >= 0.3 is 0 Å². The van der Waals surface area contributed by atoms with Crippen LogP contribution in [-0.4, -0.2) is 4.98 Å². The zero-order valence-corrected chi connectivity index (χ0v) is 9.51. The molecule has 0 N–H and O–H groups in total. The van der Waals surface area contributed by atoms with Gasteiger partial charge in [-0.05, 0) is 34.1 Å². The molecule has 69 valence electrons. The molecular weight excluding hydrogens is 261 g/mol. The number of pyridine rings is 1. The van der Waals surface area contributed by atoms with Crippen molar-refractivity contribution in [1.29, 1.82) is 0 Å². The lowest BCUT2D eigenvalue weighted by atomic mass is 10.1. The molecule has 1 radical (unpaired) electrons. The maximum atomic E-state index is 6.06. The van der Waals surface area contributed by atoms with Crippen LogP contribution < -0.4 is 0 Å². The summed E-state index contributed by atoms with van der Waals surface area (Å²) in [5.74, 6) is 0. The summed E-state index contributed by atoms with van der Waals surface area (Å²) in [5.41, 5.74) is 1.76. The standard InChI is InChI=1S/C11H6BrClN/c12-9-6-10(13)11(14-7-9)8-4-2-1-3-5-8/h1-2,4-7H. The van der Waals surface area contributed by atoms with Gasteiger partial charge in [-0.1, -0.05) is 29.8 Å². The quantitative estimate of drug-likeness (QED) is 0.762. The van der Waals surface area contributed by atoms with Gasteiger partial charge in [0.05, 0.1) is 10.7 Å². The average Bonchev–Trinajstić information content (AvgIpc) is 2.19.